The van der Waals surface area contributed by atoms with Crippen molar-refractivity contribution >= 4 is 11.6 Å². The van der Waals surface area contributed by atoms with Crippen LogP contribution in [0.5, 0.6) is 0 Å². The number of rotatable bonds is 1. The molecule has 0 atom stereocenters. The number of carbonyl (C=O) groups is 1. The first-order valence-electron chi connectivity index (χ1n) is 3.84. The summed E-state index contributed by atoms with van der Waals surface area (Å²) in [5.41, 5.74) is 4.99. The number of H-pyrrole nitrogens is 1. The average molecular weight is 193 g/mol. The zero-order valence-electron chi connectivity index (χ0n) is 7.31. The van der Waals surface area contributed by atoms with Crippen LogP contribution >= 0.6 is 0 Å². The Kier molecular flexibility index (Phi) is 1.60. The molecule has 0 saturated carbocycles. The average Bonchev–Trinajstić information content (AvgIpc) is 2.47. The predicted octanol–water partition coefficient (Wildman–Crippen LogP) is -1.18. The monoisotopic (exact) mass is 193 g/mol. The van der Waals surface area contributed by atoms with E-state index >= 15 is 0 Å². The first kappa shape index (κ1) is 8.42. The summed E-state index contributed by atoms with van der Waals surface area (Å²) in [6.07, 6.45) is 0. The van der Waals surface area contributed by atoms with Crippen LogP contribution in [0.15, 0.2) is 10.9 Å². The summed E-state index contributed by atoms with van der Waals surface area (Å²) in [5, 5.41) is 9.90. The molecule has 2 aromatic heterocycles. The number of fused-ring (bicyclic) bond motifs is 1. The summed E-state index contributed by atoms with van der Waals surface area (Å²) >= 11 is 0. The number of aryl methyl sites for hydroxylation is 1. The van der Waals surface area contributed by atoms with Crippen molar-refractivity contribution in [1.29, 1.82) is 0 Å². The molecule has 7 nitrogen and oxygen atoms in total. The highest BCUT2D eigenvalue weighted by Crippen LogP contribution is 2.04. The highest BCUT2D eigenvalue weighted by molar-refractivity contribution is 5.98. The minimum absolute atomic E-state index is 0.0642. The van der Waals surface area contributed by atoms with Gasteiger partial charge in [0.05, 0.1) is 5.56 Å². The summed E-state index contributed by atoms with van der Waals surface area (Å²) in [6, 6.07) is 1.10. The molecule has 2 heterocycles. The van der Waals surface area contributed by atoms with Gasteiger partial charge in [0, 0.05) is 6.07 Å². The van der Waals surface area contributed by atoms with E-state index in [2.05, 4.69) is 15.3 Å². The van der Waals surface area contributed by atoms with Crippen LogP contribution in [-0.4, -0.2) is 25.7 Å². The smallest absolute Gasteiger partial charge is 0.263 e. The minimum Gasteiger partial charge on any atom is -0.365 e. The van der Waals surface area contributed by atoms with Crippen LogP contribution < -0.4 is 11.3 Å². The molecule has 0 spiro atoms. The Labute approximate surface area is 77.5 Å². The fourth-order valence-corrected chi connectivity index (χ4v) is 1.19. The van der Waals surface area contributed by atoms with E-state index in [4.69, 9.17) is 5.73 Å². The molecule has 0 bridgehead atoms. The van der Waals surface area contributed by atoms with Crippen molar-refractivity contribution in [3.63, 3.8) is 0 Å². The van der Waals surface area contributed by atoms with Crippen molar-refractivity contribution in [1.82, 2.24) is 19.8 Å². The highest BCUT2D eigenvalue weighted by atomic mass is 16.1. The number of amides is 1. The normalized spacial score (nSPS) is 10.6. The number of aromatic amines is 1. The number of hydrogen-bond acceptors (Lipinski definition) is 4. The summed E-state index contributed by atoms with van der Waals surface area (Å²) in [7, 11) is 0. The SMILES string of the molecule is Cc1nnc2c(C(N)=O)cc(=O)[nH]n12. The topological polar surface area (TPSA) is 106 Å². The van der Waals surface area contributed by atoms with Gasteiger partial charge in [-0.3, -0.25) is 14.7 Å². The Morgan fingerprint density at radius 1 is 1.57 bits per heavy atom. The molecule has 0 aromatic carbocycles. The van der Waals surface area contributed by atoms with Crippen LogP contribution in [0.3, 0.4) is 0 Å². The van der Waals surface area contributed by atoms with Gasteiger partial charge >= 0.3 is 0 Å². The van der Waals surface area contributed by atoms with E-state index in [0.717, 1.165) is 6.07 Å². The van der Waals surface area contributed by atoms with Crippen molar-refractivity contribution in [2.75, 3.05) is 0 Å². The third-order valence-corrected chi connectivity index (χ3v) is 1.83. The second kappa shape index (κ2) is 2.66. The molecule has 0 unspecified atom stereocenters. The molecule has 2 rings (SSSR count). The molecule has 3 N–H and O–H groups in total. The quantitative estimate of drug-likeness (QED) is 0.594. The molecule has 0 aliphatic carbocycles. The Morgan fingerprint density at radius 3 is 2.93 bits per heavy atom. The summed E-state index contributed by atoms with van der Waals surface area (Å²) in [6.45, 7) is 1.65. The van der Waals surface area contributed by atoms with Gasteiger partial charge in [0.1, 0.15) is 5.82 Å². The van der Waals surface area contributed by atoms with Gasteiger partial charge in [-0.1, -0.05) is 0 Å². The number of carbonyl (C=O) groups excluding carboxylic acids is 1. The van der Waals surface area contributed by atoms with Gasteiger partial charge in [-0.05, 0) is 6.92 Å². The summed E-state index contributed by atoms with van der Waals surface area (Å²) in [4.78, 5) is 22.1. The standard InChI is InChI=1S/C7H7N5O2/c1-3-9-10-7-4(6(8)14)2-5(13)11-12(3)7/h2H,1H3,(H2,8,14)(H,11,13). The third-order valence-electron chi connectivity index (χ3n) is 1.83. The number of nitrogens with one attached hydrogen (secondary N) is 1. The van der Waals surface area contributed by atoms with Crippen molar-refractivity contribution in [3.05, 3.63) is 27.8 Å². The molecule has 14 heavy (non-hydrogen) atoms. The van der Waals surface area contributed by atoms with E-state index in [1.54, 1.807) is 6.92 Å². The largest absolute Gasteiger partial charge is 0.365 e. The van der Waals surface area contributed by atoms with Gasteiger partial charge in [-0.2, -0.15) is 0 Å². The first-order valence-corrected chi connectivity index (χ1v) is 3.84. The fourth-order valence-electron chi connectivity index (χ4n) is 1.19. The maximum absolute atomic E-state index is 11.1. The van der Waals surface area contributed by atoms with Gasteiger partial charge < -0.3 is 5.73 Å². The van der Waals surface area contributed by atoms with Gasteiger partial charge in [-0.15, -0.1) is 10.2 Å². The third kappa shape index (κ3) is 1.06. The Hall–Kier alpha value is -2.18. The van der Waals surface area contributed by atoms with Crippen LogP contribution in [0.25, 0.3) is 5.65 Å². The lowest BCUT2D eigenvalue weighted by atomic mass is 10.3. The molecule has 0 saturated heterocycles. The van der Waals surface area contributed by atoms with E-state index in [1.165, 1.54) is 4.52 Å². The Morgan fingerprint density at radius 2 is 2.29 bits per heavy atom. The van der Waals surface area contributed by atoms with E-state index in [-0.39, 0.29) is 11.2 Å². The maximum atomic E-state index is 11.1. The maximum Gasteiger partial charge on any atom is 0.263 e. The molecule has 2 aromatic rings. The number of primary amides is 1. The van der Waals surface area contributed by atoms with Crippen molar-refractivity contribution < 1.29 is 4.79 Å². The molecule has 0 radical (unpaired) electrons. The van der Waals surface area contributed by atoms with Crippen molar-refractivity contribution in [2.24, 2.45) is 5.73 Å². The van der Waals surface area contributed by atoms with Gasteiger partial charge in [0.25, 0.3) is 11.5 Å². The molecule has 0 aliphatic rings. The number of nitrogens with two attached hydrogens (primary N) is 1. The highest BCUT2D eigenvalue weighted by Gasteiger charge is 2.12. The number of nitrogens with zero attached hydrogens (tertiary/aromatic N) is 3. The zero-order valence-corrected chi connectivity index (χ0v) is 7.31. The van der Waals surface area contributed by atoms with Crippen molar-refractivity contribution in [2.45, 2.75) is 6.92 Å². The van der Waals surface area contributed by atoms with Crippen LogP contribution in [0.2, 0.25) is 0 Å². The van der Waals surface area contributed by atoms with E-state index in [1.807, 2.05) is 0 Å². The molecule has 0 fully saturated rings. The lowest BCUT2D eigenvalue weighted by molar-refractivity contribution is 0.100. The van der Waals surface area contributed by atoms with Crippen LogP contribution in [0.4, 0.5) is 0 Å². The molecular weight excluding hydrogens is 186 g/mol. The van der Waals surface area contributed by atoms with Crippen LogP contribution in [0.1, 0.15) is 16.2 Å². The minimum atomic E-state index is -0.700. The van der Waals surface area contributed by atoms with E-state index < -0.39 is 11.5 Å². The zero-order chi connectivity index (χ0) is 10.3. The van der Waals surface area contributed by atoms with E-state index in [9.17, 15) is 9.59 Å². The van der Waals surface area contributed by atoms with Gasteiger partial charge in [0.15, 0.2) is 5.65 Å². The van der Waals surface area contributed by atoms with Crippen LogP contribution in [0, 0.1) is 6.92 Å². The molecule has 0 aliphatic heterocycles. The summed E-state index contributed by atoms with van der Waals surface area (Å²) < 4.78 is 1.32. The second-order valence-corrected chi connectivity index (χ2v) is 2.80. The Bertz CT molecular complexity index is 567. The van der Waals surface area contributed by atoms with Crippen LogP contribution in [-0.2, 0) is 0 Å². The molecule has 7 heteroatoms. The van der Waals surface area contributed by atoms with Gasteiger partial charge in [-0.25, -0.2) is 4.52 Å². The molecule has 72 valence electrons. The Balaban J connectivity index is 2.96. The number of aromatic nitrogens is 4. The molecule has 1 amide bonds. The predicted molar refractivity (Wildman–Crippen MR) is 46.9 cm³/mol. The van der Waals surface area contributed by atoms with E-state index in [0.29, 0.717) is 5.82 Å². The summed E-state index contributed by atoms with van der Waals surface area (Å²) in [5.74, 6) is -0.214. The number of hydrogen-bond donors (Lipinski definition) is 2. The molecular formula is C7H7N5O2. The fraction of sp³-hybridized carbons (Fsp3) is 0.143. The first-order chi connectivity index (χ1) is 6.59. The lowest BCUT2D eigenvalue weighted by Gasteiger charge is -1.97. The second-order valence-electron chi connectivity index (χ2n) is 2.80. The van der Waals surface area contributed by atoms with Crippen molar-refractivity contribution in [3.8, 4) is 0 Å². The lowest BCUT2D eigenvalue weighted by Crippen LogP contribution is -2.20. The van der Waals surface area contributed by atoms with Gasteiger partial charge in [0.2, 0.25) is 0 Å².